The fourth-order valence-electron chi connectivity index (χ4n) is 1.27. The summed E-state index contributed by atoms with van der Waals surface area (Å²) in [6.07, 6.45) is 0.639. The van der Waals surface area contributed by atoms with Crippen LogP contribution >= 0.6 is 0 Å². The SMILES string of the molecule is CN(CCC#N)C(=O)Cc1ccc(O)cc1. The van der Waals surface area contributed by atoms with Gasteiger partial charge in [0.15, 0.2) is 0 Å². The standard InChI is InChI=1S/C12H14N2O2/c1-14(8-2-7-13)12(16)9-10-3-5-11(15)6-4-10/h3-6,15H,2,8-9H2,1H3. The second kappa shape index (κ2) is 5.76. The fourth-order valence-corrected chi connectivity index (χ4v) is 1.27. The number of hydrogen-bond donors (Lipinski definition) is 1. The van der Waals surface area contributed by atoms with Gasteiger partial charge in [-0.05, 0) is 17.7 Å². The number of phenolic OH excluding ortho intramolecular Hbond substituents is 1. The number of nitriles is 1. The van der Waals surface area contributed by atoms with E-state index in [0.29, 0.717) is 19.4 Å². The highest BCUT2D eigenvalue weighted by atomic mass is 16.3. The van der Waals surface area contributed by atoms with Crippen molar-refractivity contribution in [1.82, 2.24) is 4.90 Å². The monoisotopic (exact) mass is 218 g/mol. The van der Waals surface area contributed by atoms with Crippen LogP contribution in [0.15, 0.2) is 24.3 Å². The first-order valence-electron chi connectivity index (χ1n) is 5.02. The van der Waals surface area contributed by atoms with Crippen molar-refractivity contribution in [3.05, 3.63) is 29.8 Å². The van der Waals surface area contributed by atoms with E-state index in [1.807, 2.05) is 6.07 Å². The maximum atomic E-state index is 11.7. The molecule has 1 aromatic carbocycles. The topological polar surface area (TPSA) is 64.3 Å². The van der Waals surface area contributed by atoms with Crippen LogP contribution in [0.1, 0.15) is 12.0 Å². The molecule has 4 nitrogen and oxygen atoms in total. The van der Waals surface area contributed by atoms with Crippen molar-refractivity contribution in [2.45, 2.75) is 12.8 Å². The molecule has 4 heteroatoms. The fraction of sp³-hybridized carbons (Fsp3) is 0.333. The Balaban J connectivity index is 2.51. The van der Waals surface area contributed by atoms with Crippen LogP contribution in [0.5, 0.6) is 5.75 Å². The van der Waals surface area contributed by atoms with Gasteiger partial charge in [-0.2, -0.15) is 5.26 Å². The molecule has 1 amide bonds. The summed E-state index contributed by atoms with van der Waals surface area (Å²) < 4.78 is 0. The van der Waals surface area contributed by atoms with E-state index in [-0.39, 0.29) is 11.7 Å². The Hall–Kier alpha value is -2.02. The Kier molecular flexibility index (Phi) is 4.34. The summed E-state index contributed by atoms with van der Waals surface area (Å²) >= 11 is 0. The molecular formula is C12H14N2O2. The van der Waals surface area contributed by atoms with E-state index < -0.39 is 0 Å². The van der Waals surface area contributed by atoms with Gasteiger partial charge in [0.2, 0.25) is 5.91 Å². The predicted molar refractivity (Wildman–Crippen MR) is 59.7 cm³/mol. The van der Waals surface area contributed by atoms with E-state index in [1.54, 1.807) is 31.3 Å². The van der Waals surface area contributed by atoms with Gasteiger partial charge in [-0.3, -0.25) is 4.79 Å². The molecule has 0 saturated heterocycles. The second-order valence-corrected chi connectivity index (χ2v) is 3.57. The van der Waals surface area contributed by atoms with Crippen molar-refractivity contribution in [2.24, 2.45) is 0 Å². The first-order chi connectivity index (χ1) is 7.63. The van der Waals surface area contributed by atoms with Gasteiger partial charge in [-0.25, -0.2) is 0 Å². The number of likely N-dealkylation sites (N-methyl/N-ethyl adjacent to an activating group) is 1. The average molecular weight is 218 g/mol. The second-order valence-electron chi connectivity index (χ2n) is 3.57. The quantitative estimate of drug-likeness (QED) is 0.828. The minimum atomic E-state index is -0.0269. The molecule has 0 aliphatic carbocycles. The number of phenols is 1. The highest BCUT2D eigenvalue weighted by Gasteiger charge is 2.08. The molecule has 1 rings (SSSR count). The lowest BCUT2D eigenvalue weighted by Crippen LogP contribution is -2.28. The van der Waals surface area contributed by atoms with Gasteiger partial charge < -0.3 is 10.0 Å². The molecule has 84 valence electrons. The van der Waals surface area contributed by atoms with Crippen LogP contribution in [0.2, 0.25) is 0 Å². The van der Waals surface area contributed by atoms with Gasteiger partial charge in [0.25, 0.3) is 0 Å². The first-order valence-corrected chi connectivity index (χ1v) is 5.02. The zero-order valence-electron chi connectivity index (χ0n) is 9.18. The molecule has 16 heavy (non-hydrogen) atoms. The van der Waals surface area contributed by atoms with E-state index in [0.717, 1.165) is 5.56 Å². The molecule has 0 heterocycles. The lowest BCUT2D eigenvalue weighted by molar-refractivity contribution is -0.129. The average Bonchev–Trinajstić information content (AvgIpc) is 2.29. The molecule has 0 spiro atoms. The van der Waals surface area contributed by atoms with Gasteiger partial charge in [0.1, 0.15) is 5.75 Å². The minimum Gasteiger partial charge on any atom is -0.508 e. The summed E-state index contributed by atoms with van der Waals surface area (Å²) in [5.74, 6) is 0.162. The highest BCUT2D eigenvalue weighted by Crippen LogP contribution is 2.10. The number of hydrogen-bond acceptors (Lipinski definition) is 3. The van der Waals surface area contributed by atoms with E-state index in [4.69, 9.17) is 10.4 Å². The Bertz CT molecular complexity index is 392. The van der Waals surface area contributed by atoms with Gasteiger partial charge in [0.05, 0.1) is 18.9 Å². The van der Waals surface area contributed by atoms with Crippen LogP contribution in [0, 0.1) is 11.3 Å². The highest BCUT2D eigenvalue weighted by molar-refractivity contribution is 5.78. The summed E-state index contributed by atoms with van der Waals surface area (Å²) in [7, 11) is 1.68. The van der Waals surface area contributed by atoms with E-state index in [1.165, 1.54) is 4.90 Å². The molecule has 0 aromatic heterocycles. The molecule has 0 aliphatic rings. The van der Waals surface area contributed by atoms with Crippen molar-refractivity contribution in [3.63, 3.8) is 0 Å². The summed E-state index contributed by atoms with van der Waals surface area (Å²) in [6.45, 7) is 0.452. The molecule has 0 aliphatic heterocycles. The lowest BCUT2D eigenvalue weighted by atomic mass is 10.1. The van der Waals surface area contributed by atoms with Crippen LogP contribution in [0.4, 0.5) is 0 Å². The zero-order chi connectivity index (χ0) is 12.0. The van der Waals surface area contributed by atoms with Crippen LogP contribution in [0.3, 0.4) is 0 Å². The van der Waals surface area contributed by atoms with Gasteiger partial charge >= 0.3 is 0 Å². The zero-order valence-corrected chi connectivity index (χ0v) is 9.18. The maximum absolute atomic E-state index is 11.7. The third-order valence-electron chi connectivity index (χ3n) is 2.28. The van der Waals surface area contributed by atoms with Gasteiger partial charge in [-0.15, -0.1) is 0 Å². The number of carbonyl (C=O) groups excluding carboxylic acids is 1. The van der Waals surface area contributed by atoms with Gasteiger partial charge in [0, 0.05) is 13.6 Å². The molecule has 0 radical (unpaired) electrons. The van der Waals surface area contributed by atoms with E-state index in [2.05, 4.69) is 0 Å². The normalized spacial score (nSPS) is 9.50. The third-order valence-corrected chi connectivity index (χ3v) is 2.28. The number of rotatable bonds is 4. The van der Waals surface area contributed by atoms with Crippen LogP contribution < -0.4 is 0 Å². The van der Waals surface area contributed by atoms with E-state index in [9.17, 15) is 4.79 Å². The molecular weight excluding hydrogens is 204 g/mol. The Morgan fingerprint density at radius 1 is 1.44 bits per heavy atom. The van der Waals surface area contributed by atoms with Gasteiger partial charge in [-0.1, -0.05) is 12.1 Å². The maximum Gasteiger partial charge on any atom is 0.226 e. The van der Waals surface area contributed by atoms with E-state index >= 15 is 0 Å². The number of nitrogens with zero attached hydrogens (tertiary/aromatic N) is 2. The first kappa shape index (κ1) is 12.1. The van der Waals surface area contributed by atoms with Crippen LogP contribution in [-0.4, -0.2) is 29.5 Å². The smallest absolute Gasteiger partial charge is 0.226 e. The lowest BCUT2D eigenvalue weighted by Gasteiger charge is -2.15. The molecule has 0 bridgehead atoms. The predicted octanol–water partition coefficient (Wildman–Crippen LogP) is 1.31. The number of amides is 1. The number of aromatic hydroxyl groups is 1. The summed E-state index contributed by atoms with van der Waals surface area (Å²) in [5, 5.41) is 17.5. The Morgan fingerprint density at radius 2 is 2.06 bits per heavy atom. The van der Waals surface area contributed by atoms with Crippen LogP contribution in [0.25, 0.3) is 0 Å². The van der Waals surface area contributed by atoms with Crippen LogP contribution in [-0.2, 0) is 11.2 Å². The largest absolute Gasteiger partial charge is 0.508 e. The minimum absolute atomic E-state index is 0.0269. The van der Waals surface area contributed by atoms with Crippen molar-refractivity contribution in [1.29, 1.82) is 5.26 Å². The number of benzene rings is 1. The van der Waals surface area contributed by atoms with Crippen molar-refractivity contribution in [3.8, 4) is 11.8 Å². The van der Waals surface area contributed by atoms with Crippen molar-refractivity contribution in [2.75, 3.05) is 13.6 Å². The molecule has 0 unspecified atom stereocenters. The number of carbonyl (C=O) groups is 1. The summed E-state index contributed by atoms with van der Waals surface area (Å²) in [4.78, 5) is 13.2. The molecule has 0 atom stereocenters. The molecule has 0 fully saturated rings. The Morgan fingerprint density at radius 3 is 2.62 bits per heavy atom. The summed E-state index contributed by atoms with van der Waals surface area (Å²) in [6, 6.07) is 8.53. The van der Waals surface area contributed by atoms with Crippen molar-refractivity contribution >= 4 is 5.91 Å². The molecule has 0 saturated carbocycles. The molecule has 1 N–H and O–H groups in total. The van der Waals surface area contributed by atoms with Crippen molar-refractivity contribution < 1.29 is 9.90 Å². The summed E-state index contributed by atoms with van der Waals surface area (Å²) in [5.41, 5.74) is 0.853. The Labute approximate surface area is 94.7 Å². The molecule has 1 aromatic rings. The third kappa shape index (κ3) is 3.62.